The number of carboxylic acid groups (broad SMARTS) is 1. The number of carbonyl (C=O) groups excluding carboxylic acids is 1. The van der Waals surface area contributed by atoms with Crippen LogP contribution in [0.5, 0.6) is 0 Å². The largest absolute Gasteiger partial charge is 0.481 e. The van der Waals surface area contributed by atoms with E-state index in [1.54, 1.807) is 0 Å². The highest BCUT2D eigenvalue weighted by atomic mass is 16.5. The van der Waals surface area contributed by atoms with Crippen LogP contribution in [0.4, 0.5) is 0 Å². The van der Waals surface area contributed by atoms with Crippen molar-refractivity contribution in [2.24, 2.45) is 11.8 Å². The monoisotopic (exact) mass is 306 g/mol. The lowest BCUT2D eigenvalue weighted by Gasteiger charge is -2.29. The standard InChI is InChI=1S/C16H22N2O4/c1-2-17-7-3-4-10(17)8-18-9-16-6-5-11(22-16)12(15(20)21)13(16)14(18)19/h5-6,10-13H,2-4,7-9H2,1H3,(H,20,21)/t10-,11-,12-,13+,16-/m0/s1. The van der Waals surface area contributed by atoms with Crippen LogP contribution in [0.25, 0.3) is 0 Å². The summed E-state index contributed by atoms with van der Waals surface area (Å²) in [7, 11) is 0. The van der Waals surface area contributed by atoms with Crippen molar-refractivity contribution in [1.29, 1.82) is 0 Å². The minimum absolute atomic E-state index is 0.0396. The van der Waals surface area contributed by atoms with E-state index in [1.807, 2.05) is 17.1 Å². The minimum Gasteiger partial charge on any atom is -0.481 e. The number of ether oxygens (including phenoxy) is 1. The molecule has 0 radical (unpaired) electrons. The Labute approximate surface area is 129 Å². The number of aliphatic carboxylic acids is 1. The number of fused-ring (bicyclic) bond motifs is 1. The molecule has 0 saturated carbocycles. The maximum atomic E-state index is 12.8. The topological polar surface area (TPSA) is 70.1 Å². The Morgan fingerprint density at radius 3 is 3.09 bits per heavy atom. The smallest absolute Gasteiger partial charge is 0.310 e. The first kappa shape index (κ1) is 14.2. The van der Waals surface area contributed by atoms with Gasteiger partial charge in [-0.3, -0.25) is 14.5 Å². The van der Waals surface area contributed by atoms with Gasteiger partial charge in [-0.05, 0) is 25.9 Å². The van der Waals surface area contributed by atoms with Gasteiger partial charge in [-0.15, -0.1) is 0 Å². The highest BCUT2D eigenvalue weighted by Crippen LogP contribution is 2.51. The van der Waals surface area contributed by atoms with E-state index in [9.17, 15) is 14.7 Å². The van der Waals surface area contributed by atoms with Gasteiger partial charge in [0.1, 0.15) is 11.5 Å². The maximum absolute atomic E-state index is 12.8. The van der Waals surface area contributed by atoms with Crippen molar-refractivity contribution in [3.05, 3.63) is 12.2 Å². The van der Waals surface area contributed by atoms with Crippen molar-refractivity contribution in [3.63, 3.8) is 0 Å². The van der Waals surface area contributed by atoms with Crippen LogP contribution in [0.1, 0.15) is 19.8 Å². The molecule has 22 heavy (non-hydrogen) atoms. The van der Waals surface area contributed by atoms with Gasteiger partial charge in [-0.2, -0.15) is 0 Å². The Kier molecular flexibility index (Phi) is 3.10. The number of amides is 1. The number of hydrogen-bond acceptors (Lipinski definition) is 4. The summed E-state index contributed by atoms with van der Waals surface area (Å²) >= 11 is 0. The summed E-state index contributed by atoms with van der Waals surface area (Å²) in [5.41, 5.74) is -0.694. The number of nitrogens with zero attached hydrogens (tertiary/aromatic N) is 2. The molecule has 6 nitrogen and oxygen atoms in total. The van der Waals surface area contributed by atoms with E-state index in [4.69, 9.17) is 4.74 Å². The first-order valence-corrected chi connectivity index (χ1v) is 8.18. The van der Waals surface area contributed by atoms with Crippen LogP contribution in [0.2, 0.25) is 0 Å². The summed E-state index contributed by atoms with van der Waals surface area (Å²) in [4.78, 5) is 28.6. The fourth-order valence-corrected chi connectivity index (χ4v) is 4.79. The predicted molar refractivity (Wildman–Crippen MR) is 78.2 cm³/mol. The molecule has 2 bridgehead atoms. The van der Waals surface area contributed by atoms with Gasteiger partial charge in [0.05, 0.1) is 18.6 Å². The Bertz CT molecular complexity index is 548. The molecule has 1 spiro atoms. The van der Waals surface area contributed by atoms with Crippen molar-refractivity contribution in [1.82, 2.24) is 9.80 Å². The van der Waals surface area contributed by atoms with Gasteiger partial charge in [0, 0.05) is 12.6 Å². The number of rotatable bonds is 4. The van der Waals surface area contributed by atoms with Crippen LogP contribution >= 0.6 is 0 Å². The molecule has 4 heterocycles. The molecule has 4 rings (SSSR count). The average Bonchev–Trinajstić information content (AvgIpc) is 3.21. The molecule has 6 heteroatoms. The zero-order chi connectivity index (χ0) is 15.5. The lowest BCUT2D eigenvalue weighted by Crippen LogP contribution is -2.43. The number of likely N-dealkylation sites (N-methyl/N-ethyl adjacent to an activating group) is 1. The normalized spacial score (nSPS) is 43.3. The number of carbonyl (C=O) groups is 2. The second-order valence-corrected chi connectivity index (χ2v) is 6.88. The molecule has 1 N–H and O–H groups in total. The fourth-order valence-electron chi connectivity index (χ4n) is 4.79. The third kappa shape index (κ3) is 1.80. The molecule has 0 aromatic heterocycles. The average molecular weight is 306 g/mol. The second kappa shape index (κ2) is 4.80. The molecular weight excluding hydrogens is 284 g/mol. The van der Waals surface area contributed by atoms with Crippen LogP contribution in [-0.2, 0) is 14.3 Å². The molecule has 0 aliphatic carbocycles. The Morgan fingerprint density at radius 1 is 1.55 bits per heavy atom. The molecule has 4 aliphatic heterocycles. The summed E-state index contributed by atoms with van der Waals surface area (Å²) in [6.45, 7) is 5.43. The van der Waals surface area contributed by atoms with E-state index >= 15 is 0 Å². The molecule has 0 aromatic rings. The van der Waals surface area contributed by atoms with Crippen LogP contribution in [0.3, 0.4) is 0 Å². The first-order chi connectivity index (χ1) is 10.6. The molecule has 120 valence electrons. The van der Waals surface area contributed by atoms with Crippen LogP contribution in [0.15, 0.2) is 12.2 Å². The lowest BCUT2D eigenvalue weighted by molar-refractivity contribution is -0.148. The van der Waals surface area contributed by atoms with Crippen molar-refractivity contribution in [3.8, 4) is 0 Å². The van der Waals surface area contributed by atoms with Gasteiger partial charge >= 0.3 is 5.97 Å². The summed E-state index contributed by atoms with van der Waals surface area (Å²) in [6, 6.07) is 0.397. The lowest BCUT2D eigenvalue weighted by atomic mass is 9.77. The highest BCUT2D eigenvalue weighted by molar-refractivity contribution is 5.90. The zero-order valence-electron chi connectivity index (χ0n) is 12.8. The minimum atomic E-state index is -0.924. The third-order valence-corrected chi connectivity index (χ3v) is 5.80. The van der Waals surface area contributed by atoms with Gasteiger partial charge in [-0.1, -0.05) is 19.1 Å². The second-order valence-electron chi connectivity index (χ2n) is 6.88. The van der Waals surface area contributed by atoms with E-state index in [0.717, 1.165) is 19.5 Å². The molecular formula is C16H22N2O4. The van der Waals surface area contributed by atoms with Gasteiger partial charge in [0.15, 0.2) is 0 Å². The number of carboxylic acids is 1. The SMILES string of the molecule is CCN1CCC[C@H]1CN1C[C@]23C=C[C@H](O2)[C@H](C(=O)O)[C@@H]3C1=O. The Balaban J connectivity index is 1.55. The molecule has 0 aromatic carbocycles. The van der Waals surface area contributed by atoms with Crippen molar-refractivity contribution < 1.29 is 19.4 Å². The zero-order valence-corrected chi connectivity index (χ0v) is 12.8. The summed E-state index contributed by atoms with van der Waals surface area (Å²) in [6.07, 6.45) is 5.58. The van der Waals surface area contributed by atoms with E-state index in [1.165, 1.54) is 6.42 Å². The summed E-state index contributed by atoms with van der Waals surface area (Å²) < 4.78 is 5.91. The Morgan fingerprint density at radius 2 is 2.36 bits per heavy atom. The van der Waals surface area contributed by atoms with Crippen LogP contribution in [-0.4, -0.2) is 70.7 Å². The van der Waals surface area contributed by atoms with Crippen molar-refractivity contribution in [2.45, 2.75) is 37.5 Å². The summed E-state index contributed by atoms with van der Waals surface area (Å²) in [5, 5.41) is 9.45. The van der Waals surface area contributed by atoms with Crippen molar-refractivity contribution in [2.75, 3.05) is 26.2 Å². The van der Waals surface area contributed by atoms with Gasteiger partial charge in [-0.25, -0.2) is 0 Å². The van der Waals surface area contributed by atoms with Gasteiger partial charge in [0.25, 0.3) is 0 Å². The van der Waals surface area contributed by atoms with E-state index in [2.05, 4.69) is 11.8 Å². The van der Waals surface area contributed by atoms with Gasteiger partial charge < -0.3 is 14.7 Å². The molecule has 4 aliphatic rings. The van der Waals surface area contributed by atoms with Crippen molar-refractivity contribution >= 4 is 11.9 Å². The first-order valence-electron chi connectivity index (χ1n) is 8.18. The molecule has 1 amide bonds. The molecule has 3 fully saturated rings. The molecule has 0 unspecified atom stereocenters. The fraction of sp³-hybridized carbons (Fsp3) is 0.750. The van der Waals surface area contributed by atoms with E-state index in [0.29, 0.717) is 19.1 Å². The molecule has 5 atom stereocenters. The Hall–Kier alpha value is -1.40. The highest BCUT2D eigenvalue weighted by Gasteiger charge is 2.67. The van der Waals surface area contributed by atoms with Crippen LogP contribution < -0.4 is 0 Å². The van der Waals surface area contributed by atoms with E-state index < -0.39 is 29.5 Å². The molecule has 3 saturated heterocycles. The third-order valence-electron chi connectivity index (χ3n) is 5.80. The van der Waals surface area contributed by atoms with E-state index in [-0.39, 0.29) is 5.91 Å². The van der Waals surface area contributed by atoms with Gasteiger partial charge in [0.2, 0.25) is 5.91 Å². The quantitative estimate of drug-likeness (QED) is 0.758. The maximum Gasteiger partial charge on any atom is 0.310 e. The predicted octanol–water partition coefficient (Wildman–Crippen LogP) is 0.337. The number of likely N-dealkylation sites (tertiary alicyclic amines) is 2. The number of hydrogen-bond donors (Lipinski definition) is 1. The summed E-state index contributed by atoms with van der Waals surface area (Å²) in [5.74, 6) is -2.24. The van der Waals surface area contributed by atoms with Crippen LogP contribution in [0, 0.1) is 11.8 Å².